The van der Waals surface area contributed by atoms with Crippen molar-refractivity contribution in [2.75, 3.05) is 6.61 Å². The van der Waals surface area contributed by atoms with E-state index in [0.717, 1.165) is 23.8 Å². The van der Waals surface area contributed by atoms with Crippen LogP contribution < -0.4 is 16.3 Å². The van der Waals surface area contributed by atoms with Crippen LogP contribution in [0.2, 0.25) is 0 Å². The lowest BCUT2D eigenvalue weighted by atomic mass is 10.1. The number of hydrogen-bond donors (Lipinski definition) is 3. The van der Waals surface area contributed by atoms with Gasteiger partial charge in [0.15, 0.2) is 0 Å². The lowest BCUT2D eigenvalue weighted by molar-refractivity contribution is -0.149. The Labute approximate surface area is 167 Å². The topological polar surface area (TPSA) is 149 Å². The number of aromatic nitrogens is 2. The number of esters is 1. The van der Waals surface area contributed by atoms with Gasteiger partial charge in [0.2, 0.25) is 0 Å². The Hall–Kier alpha value is -1.98. The first kappa shape index (κ1) is 25.1. The van der Waals surface area contributed by atoms with E-state index in [4.69, 9.17) is 14.0 Å². The number of hydrogen-bond acceptors (Lipinski definition) is 8. The zero-order chi connectivity index (χ0) is 22.1. The molecule has 0 aliphatic carbocycles. The Balaban J connectivity index is 2.66. The van der Waals surface area contributed by atoms with Crippen LogP contribution in [0.4, 0.5) is 4.39 Å². The minimum Gasteiger partial charge on any atom is -0.462 e. The van der Waals surface area contributed by atoms with Crippen molar-refractivity contribution in [2.24, 2.45) is 0 Å². The Kier molecular flexibility index (Phi) is 10.3. The molecule has 3 N–H and O–H groups in total. The molecular formula is C16H26FN3O8P+. The highest BCUT2D eigenvalue weighted by atomic mass is 31.1. The summed E-state index contributed by atoms with van der Waals surface area (Å²) in [6.45, 7) is 4.93. The molecule has 1 rings (SSSR count). The van der Waals surface area contributed by atoms with Gasteiger partial charge in [0.05, 0.1) is 6.10 Å². The van der Waals surface area contributed by atoms with Gasteiger partial charge < -0.3 is 14.6 Å². The molecule has 0 saturated carbocycles. The van der Waals surface area contributed by atoms with E-state index < -0.39 is 63.2 Å². The third-order valence-corrected chi connectivity index (χ3v) is 4.52. The predicted octanol–water partition coefficient (Wildman–Crippen LogP) is 0.202. The van der Waals surface area contributed by atoms with Crippen LogP contribution in [0.25, 0.3) is 0 Å². The van der Waals surface area contributed by atoms with Crippen LogP contribution in [0.3, 0.4) is 0 Å². The maximum absolute atomic E-state index is 13.5. The molecule has 5 unspecified atom stereocenters. The number of ether oxygens (including phenoxy) is 2. The molecule has 1 aromatic rings. The zero-order valence-electron chi connectivity index (χ0n) is 16.5. The summed E-state index contributed by atoms with van der Waals surface area (Å²) in [6.07, 6.45) is -3.82. The molecule has 0 aromatic carbocycles. The van der Waals surface area contributed by atoms with Gasteiger partial charge in [0, 0.05) is 12.3 Å². The molecule has 1 heterocycles. The number of aromatic amines is 1. The highest BCUT2D eigenvalue weighted by Gasteiger charge is 2.33. The first-order valence-corrected chi connectivity index (χ1v) is 9.99. The lowest BCUT2D eigenvalue weighted by Crippen LogP contribution is -2.40. The van der Waals surface area contributed by atoms with E-state index in [1.807, 2.05) is 4.98 Å². The quantitative estimate of drug-likeness (QED) is 0.307. The van der Waals surface area contributed by atoms with E-state index in [-0.39, 0.29) is 6.10 Å². The molecular weight excluding hydrogens is 412 g/mol. The number of H-pyrrole nitrogens is 1. The monoisotopic (exact) mass is 438 g/mol. The van der Waals surface area contributed by atoms with E-state index in [9.17, 15) is 28.4 Å². The molecule has 5 atom stereocenters. The van der Waals surface area contributed by atoms with Gasteiger partial charge in [-0.2, -0.15) is 0 Å². The molecule has 1 aromatic heterocycles. The maximum atomic E-state index is 13.5. The van der Waals surface area contributed by atoms with Crippen molar-refractivity contribution < 1.29 is 32.9 Å². The van der Waals surface area contributed by atoms with Gasteiger partial charge in [0.25, 0.3) is 5.56 Å². The van der Waals surface area contributed by atoms with Gasteiger partial charge in [-0.05, 0) is 32.3 Å². The van der Waals surface area contributed by atoms with E-state index in [1.165, 1.54) is 6.92 Å². The number of nitrogens with one attached hydrogen (secondary N) is 2. The standard InChI is InChI=1S/C16H25FN3O8P/c1-9(2)28-15(23)11(4)19-29(25)27-7-12(14(22)10(3)17)26-8-20-6-5-13(21)18-16(20)24/h5-6,9-12,14,22H,7-8H2,1-4H3,(H-,18,19,21,24,25)/p+1. The maximum Gasteiger partial charge on any atom is 0.613 e. The second kappa shape index (κ2) is 11.9. The van der Waals surface area contributed by atoms with E-state index in [1.54, 1.807) is 13.8 Å². The third-order valence-electron chi connectivity index (χ3n) is 3.54. The van der Waals surface area contributed by atoms with Crippen LogP contribution in [0.1, 0.15) is 27.7 Å². The van der Waals surface area contributed by atoms with Crippen molar-refractivity contribution in [3.63, 3.8) is 0 Å². The predicted molar refractivity (Wildman–Crippen MR) is 100 cm³/mol. The van der Waals surface area contributed by atoms with Crippen molar-refractivity contribution in [2.45, 2.75) is 65.0 Å². The number of rotatable bonds is 12. The Morgan fingerprint density at radius 1 is 1.34 bits per heavy atom. The van der Waals surface area contributed by atoms with Gasteiger partial charge in [-0.3, -0.25) is 19.1 Å². The second-order valence-corrected chi connectivity index (χ2v) is 7.50. The number of nitrogens with zero attached hydrogens (tertiary/aromatic N) is 1. The minimum absolute atomic E-state index is 0.346. The van der Waals surface area contributed by atoms with Gasteiger partial charge >= 0.3 is 19.8 Å². The number of alkyl halides is 1. The number of carbonyl (C=O) groups excluding carboxylic acids is 1. The summed E-state index contributed by atoms with van der Waals surface area (Å²) in [7, 11) is -2.56. The summed E-state index contributed by atoms with van der Waals surface area (Å²) in [5.74, 6) is -0.630. The molecule has 0 amide bonds. The fourth-order valence-corrected chi connectivity index (χ4v) is 2.77. The molecule has 164 valence electrons. The molecule has 11 nitrogen and oxygen atoms in total. The summed E-state index contributed by atoms with van der Waals surface area (Å²) in [5.41, 5.74) is -1.36. The Morgan fingerprint density at radius 3 is 2.55 bits per heavy atom. The second-order valence-electron chi connectivity index (χ2n) is 6.47. The molecule has 0 aliphatic rings. The summed E-state index contributed by atoms with van der Waals surface area (Å²) in [6, 6.07) is 0.160. The van der Waals surface area contributed by atoms with E-state index in [2.05, 4.69) is 5.09 Å². The summed E-state index contributed by atoms with van der Waals surface area (Å²) in [4.78, 5) is 36.4. The van der Waals surface area contributed by atoms with Crippen molar-refractivity contribution >= 4 is 14.1 Å². The van der Waals surface area contributed by atoms with Crippen LogP contribution in [0.5, 0.6) is 0 Å². The van der Waals surface area contributed by atoms with Crippen molar-refractivity contribution in [1.29, 1.82) is 0 Å². The number of halogens is 1. The van der Waals surface area contributed by atoms with E-state index in [0.29, 0.717) is 0 Å². The molecule has 0 bridgehead atoms. The summed E-state index contributed by atoms with van der Waals surface area (Å²) < 4.78 is 41.8. The lowest BCUT2D eigenvalue weighted by Gasteiger charge is -2.22. The fourth-order valence-electron chi connectivity index (χ4n) is 1.99. The van der Waals surface area contributed by atoms with Crippen LogP contribution in [-0.4, -0.2) is 57.8 Å². The first-order chi connectivity index (χ1) is 13.5. The smallest absolute Gasteiger partial charge is 0.462 e. The van der Waals surface area contributed by atoms with Gasteiger partial charge in [-0.15, -0.1) is 4.52 Å². The Morgan fingerprint density at radius 2 is 2.00 bits per heavy atom. The van der Waals surface area contributed by atoms with Gasteiger partial charge in [-0.1, -0.05) is 5.09 Å². The molecule has 0 saturated heterocycles. The molecule has 0 spiro atoms. The molecule has 0 aliphatic heterocycles. The first-order valence-electron chi connectivity index (χ1n) is 8.81. The van der Waals surface area contributed by atoms with Crippen molar-refractivity contribution in [3.05, 3.63) is 33.1 Å². The van der Waals surface area contributed by atoms with Gasteiger partial charge in [-0.25, -0.2) is 9.18 Å². The molecule has 29 heavy (non-hydrogen) atoms. The Bertz CT molecular complexity index is 797. The molecule has 0 fully saturated rings. The highest BCUT2D eigenvalue weighted by Crippen LogP contribution is 2.20. The number of aliphatic hydroxyl groups is 1. The number of aliphatic hydroxyl groups excluding tert-OH is 1. The van der Waals surface area contributed by atoms with Gasteiger partial charge in [0.1, 0.15) is 37.8 Å². The SMILES string of the molecule is CC(C)OC(=O)C(C)N[P+](=O)OCC(OCn1ccc(=O)[nH]c1=O)C(O)C(C)F. The highest BCUT2D eigenvalue weighted by molar-refractivity contribution is 7.36. The van der Waals surface area contributed by atoms with Crippen molar-refractivity contribution in [1.82, 2.24) is 14.6 Å². The summed E-state index contributed by atoms with van der Waals surface area (Å²) in [5, 5.41) is 12.3. The normalized spacial score (nSPS) is 16.2. The van der Waals surface area contributed by atoms with Crippen LogP contribution >= 0.6 is 8.18 Å². The average molecular weight is 438 g/mol. The largest absolute Gasteiger partial charge is 0.613 e. The minimum atomic E-state index is -2.56. The fraction of sp³-hybridized carbons (Fsp3) is 0.688. The molecule has 13 heteroatoms. The van der Waals surface area contributed by atoms with Crippen molar-refractivity contribution in [3.8, 4) is 0 Å². The van der Waals surface area contributed by atoms with E-state index >= 15 is 0 Å². The summed E-state index contributed by atoms with van der Waals surface area (Å²) >= 11 is 0. The average Bonchev–Trinajstić information content (AvgIpc) is 2.61. The number of carbonyl (C=O) groups is 1. The zero-order valence-corrected chi connectivity index (χ0v) is 17.4. The van der Waals surface area contributed by atoms with Crippen LogP contribution in [0, 0.1) is 0 Å². The van der Waals surface area contributed by atoms with Crippen LogP contribution in [-0.2, 0) is 30.1 Å². The van der Waals surface area contributed by atoms with Crippen LogP contribution in [0.15, 0.2) is 21.9 Å². The third kappa shape index (κ3) is 8.92. The molecule has 0 radical (unpaired) electrons.